The number of carbonyl (C=O) groups is 3. The zero-order valence-electron chi connectivity index (χ0n) is 21.6. The molecule has 0 radical (unpaired) electrons. The van der Waals surface area contributed by atoms with Gasteiger partial charge in [-0.2, -0.15) is 18.3 Å². The van der Waals surface area contributed by atoms with E-state index in [0.717, 1.165) is 35.7 Å². The topological polar surface area (TPSA) is 105 Å². The molecule has 3 aromatic rings. The lowest BCUT2D eigenvalue weighted by Crippen LogP contribution is -2.43. The number of aliphatic carboxylic acids is 1. The Bertz CT molecular complexity index is 1380. The predicted octanol–water partition coefficient (Wildman–Crippen LogP) is 5.35. The summed E-state index contributed by atoms with van der Waals surface area (Å²) in [6.45, 7) is 1.08. The summed E-state index contributed by atoms with van der Waals surface area (Å²) in [5, 5.41) is 15.6. The molecule has 2 heterocycles. The Kier molecular flexibility index (Phi) is 7.64. The van der Waals surface area contributed by atoms with Crippen molar-refractivity contribution in [3.63, 3.8) is 0 Å². The molecular formula is C29H29F3N4O4. The number of nitrogens with zero attached hydrogens (tertiary/aromatic N) is 3. The molecule has 1 saturated carbocycles. The number of hydrogen-bond acceptors (Lipinski definition) is 4. The minimum absolute atomic E-state index is 0.0739. The summed E-state index contributed by atoms with van der Waals surface area (Å²) in [5.41, 5.74) is -0.0943. The van der Waals surface area contributed by atoms with Gasteiger partial charge < -0.3 is 15.3 Å². The van der Waals surface area contributed by atoms with E-state index in [9.17, 15) is 32.7 Å². The molecule has 40 heavy (non-hydrogen) atoms. The van der Waals surface area contributed by atoms with Gasteiger partial charge in [-0.25, -0.2) is 4.68 Å². The molecule has 2 aliphatic rings. The van der Waals surface area contributed by atoms with Gasteiger partial charge in [0.25, 0.3) is 5.91 Å². The van der Waals surface area contributed by atoms with Crippen LogP contribution in [0.2, 0.25) is 0 Å². The maximum atomic E-state index is 13.6. The molecule has 1 aromatic heterocycles. The molecule has 2 fully saturated rings. The van der Waals surface area contributed by atoms with Gasteiger partial charge in [-0.1, -0.05) is 36.8 Å². The molecule has 11 heteroatoms. The number of carbonyl (C=O) groups excluding carboxylic acids is 2. The van der Waals surface area contributed by atoms with Crippen LogP contribution in [0.3, 0.4) is 0 Å². The molecule has 2 aromatic carbocycles. The summed E-state index contributed by atoms with van der Waals surface area (Å²) in [6.07, 6.45) is -0.399. The third-order valence-corrected chi connectivity index (χ3v) is 7.85. The number of aromatic nitrogens is 2. The van der Waals surface area contributed by atoms with Gasteiger partial charge in [0.1, 0.15) is 0 Å². The number of para-hydroxylation sites is 1. The van der Waals surface area contributed by atoms with Crippen molar-refractivity contribution in [3.05, 3.63) is 77.6 Å². The van der Waals surface area contributed by atoms with E-state index < -0.39 is 41.1 Å². The van der Waals surface area contributed by atoms with Crippen LogP contribution in [0.25, 0.3) is 5.69 Å². The first kappa shape index (κ1) is 27.4. The van der Waals surface area contributed by atoms with Crippen molar-refractivity contribution < 1.29 is 32.7 Å². The van der Waals surface area contributed by atoms with E-state index in [1.165, 1.54) is 0 Å². The number of rotatable bonds is 6. The normalized spacial score (nSPS) is 19.9. The highest BCUT2D eigenvalue weighted by atomic mass is 19.4. The molecule has 0 spiro atoms. The number of nitrogens with one attached hydrogen (secondary N) is 1. The van der Waals surface area contributed by atoms with Crippen molar-refractivity contribution in [1.82, 2.24) is 14.7 Å². The van der Waals surface area contributed by atoms with Crippen LogP contribution in [0, 0.1) is 11.8 Å². The monoisotopic (exact) mass is 554 g/mol. The van der Waals surface area contributed by atoms with E-state index in [1.807, 2.05) is 12.1 Å². The second-order valence-corrected chi connectivity index (χ2v) is 10.3. The lowest BCUT2D eigenvalue weighted by atomic mass is 9.88. The maximum Gasteiger partial charge on any atom is 0.435 e. The number of likely N-dealkylation sites (tertiary alicyclic amines) is 1. The van der Waals surface area contributed by atoms with Crippen LogP contribution in [-0.2, 0) is 15.8 Å². The number of anilines is 1. The Hall–Kier alpha value is -4.15. The van der Waals surface area contributed by atoms with Crippen molar-refractivity contribution in [3.8, 4) is 5.69 Å². The SMILES string of the molecule is O=C(Nc1ccc(C2CCN(C(=O)[C@H]3CCC[C@@H]3C(=O)O)CC2)cc1)c1cn(-c2ccccc2)nc1C(F)(F)F. The standard InChI is InChI=1S/C29H29F3N4O4/c30-29(31,32)25-24(17-36(34-25)21-5-2-1-3-6-21)26(37)33-20-11-9-18(10-12-20)19-13-15-35(16-14-19)27(38)22-7-4-8-23(22)28(39)40/h1-3,5-6,9-12,17,19,22-23H,4,7-8,13-16H2,(H,33,37)(H,39,40)/t22-,23-/m0/s1. The highest BCUT2D eigenvalue weighted by Gasteiger charge is 2.41. The number of halogens is 3. The molecule has 1 aliphatic heterocycles. The molecule has 5 rings (SSSR count). The molecule has 1 saturated heterocycles. The van der Waals surface area contributed by atoms with Crippen LogP contribution in [0.1, 0.15) is 59.6 Å². The van der Waals surface area contributed by atoms with Gasteiger partial charge in [-0.15, -0.1) is 0 Å². The highest BCUT2D eigenvalue weighted by molar-refractivity contribution is 6.05. The maximum absolute atomic E-state index is 13.6. The number of alkyl halides is 3. The summed E-state index contributed by atoms with van der Waals surface area (Å²) in [4.78, 5) is 39.0. The first-order valence-electron chi connectivity index (χ1n) is 13.3. The van der Waals surface area contributed by atoms with Crippen molar-refractivity contribution >= 4 is 23.5 Å². The molecule has 2 atom stereocenters. The van der Waals surface area contributed by atoms with E-state index in [4.69, 9.17) is 0 Å². The molecule has 2 N–H and O–H groups in total. The largest absolute Gasteiger partial charge is 0.481 e. The van der Waals surface area contributed by atoms with Gasteiger partial charge in [0.2, 0.25) is 5.91 Å². The van der Waals surface area contributed by atoms with Crippen molar-refractivity contribution in [2.75, 3.05) is 18.4 Å². The van der Waals surface area contributed by atoms with E-state index >= 15 is 0 Å². The van der Waals surface area contributed by atoms with Crippen LogP contribution in [0.5, 0.6) is 0 Å². The van der Waals surface area contributed by atoms with E-state index in [1.54, 1.807) is 47.4 Å². The summed E-state index contributed by atoms with van der Waals surface area (Å²) in [5.74, 6) is -2.77. The second-order valence-electron chi connectivity index (χ2n) is 10.3. The lowest BCUT2D eigenvalue weighted by molar-refractivity contribution is -0.149. The van der Waals surface area contributed by atoms with Crippen LogP contribution < -0.4 is 5.32 Å². The van der Waals surface area contributed by atoms with Gasteiger partial charge in [-0.3, -0.25) is 14.4 Å². The number of benzene rings is 2. The fraction of sp³-hybridized carbons (Fsp3) is 0.379. The van der Waals surface area contributed by atoms with Crippen molar-refractivity contribution in [1.29, 1.82) is 0 Å². The van der Waals surface area contributed by atoms with Gasteiger partial charge in [0.05, 0.1) is 23.1 Å². The smallest absolute Gasteiger partial charge is 0.435 e. The first-order valence-corrected chi connectivity index (χ1v) is 13.3. The van der Waals surface area contributed by atoms with E-state index in [2.05, 4.69) is 10.4 Å². The molecule has 210 valence electrons. The summed E-state index contributed by atoms with van der Waals surface area (Å²) in [6, 6.07) is 15.2. The Morgan fingerprint density at radius 1 is 0.900 bits per heavy atom. The average molecular weight is 555 g/mol. The third-order valence-electron chi connectivity index (χ3n) is 7.85. The number of carboxylic acid groups (broad SMARTS) is 1. The number of carboxylic acids is 1. The second kappa shape index (κ2) is 11.1. The zero-order chi connectivity index (χ0) is 28.4. The van der Waals surface area contributed by atoms with Gasteiger partial charge >= 0.3 is 12.1 Å². The first-order chi connectivity index (χ1) is 19.1. The zero-order valence-corrected chi connectivity index (χ0v) is 21.6. The van der Waals surface area contributed by atoms with Crippen molar-refractivity contribution in [2.45, 2.75) is 44.2 Å². The number of hydrogen-bond donors (Lipinski definition) is 2. The van der Waals surface area contributed by atoms with Crippen LogP contribution in [0.15, 0.2) is 60.8 Å². The van der Waals surface area contributed by atoms with Crippen molar-refractivity contribution in [2.24, 2.45) is 11.8 Å². The highest BCUT2D eigenvalue weighted by Crippen LogP contribution is 2.36. The lowest BCUT2D eigenvalue weighted by Gasteiger charge is -2.34. The van der Waals surface area contributed by atoms with Gasteiger partial charge in [0, 0.05) is 25.0 Å². The van der Waals surface area contributed by atoms with Crippen LogP contribution in [0.4, 0.5) is 18.9 Å². The Labute approximate surface area is 228 Å². The number of piperidine rings is 1. The summed E-state index contributed by atoms with van der Waals surface area (Å²) < 4.78 is 42.0. The van der Waals surface area contributed by atoms with Gasteiger partial charge in [0.15, 0.2) is 5.69 Å². The Morgan fingerprint density at radius 3 is 2.17 bits per heavy atom. The molecule has 8 nitrogen and oxygen atoms in total. The fourth-order valence-electron chi connectivity index (χ4n) is 5.72. The predicted molar refractivity (Wildman–Crippen MR) is 140 cm³/mol. The molecule has 0 bridgehead atoms. The third kappa shape index (κ3) is 5.73. The van der Waals surface area contributed by atoms with Crippen LogP contribution >= 0.6 is 0 Å². The Morgan fingerprint density at radius 2 is 1.55 bits per heavy atom. The minimum atomic E-state index is -4.81. The summed E-state index contributed by atoms with van der Waals surface area (Å²) in [7, 11) is 0. The van der Waals surface area contributed by atoms with E-state index in [0.29, 0.717) is 37.3 Å². The molecule has 1 aliphatic carbocycles. The molecule has 2 amide bonds. The molecular weight excluding hydrogens is 525 g/mol. The Balaban J connectivity index is 1.22. The number of amides is 2. The van der Waals surface area contributed by atoms with Crippen LogP contribution in [-0.4, -0.2) is 50.7 Å². The quantitative estimate of drug-likeness (QED) is 0.428. The van der Waals surface area contributed by atoms with E-state index in [-0.39, 0.29) is 11.8 Å². The summed E-state index contributed by atoms with van der Waals surface area (Å²) >= 11 is 0. The fourth-order valence-corrected chi connectivity index (χ4v) is 5.72. The minimum Gasteiger partial charge on any atom is -0.481 e. The average Bonchev–Trinajstić information content (AvgIpc) is 3.62. The molecule has 0 unspecified atom stereocenters. The van der Waals surface area contributed by atoms with Gasteiger partial charge in [-0.05, 0) is 61.4 Å².